The highest BCUT2D eigenvalue weighted by atomic mass is 79.9. The molecule has 1 aromatic carbocycles. The van der Waals surface area contributed by atoms with Gasteiger partial charge in [-0.1, -0.05) is 18.2 Å². The molecule has 0 fully saturated rings. The van der Waals surface area contributed by atoms with Gasteiger partial charge in [0.05, 0.1) is 27.5 Å². The van der Waals surface area contributed by atoms with Gasteiger partial charge < -0.3 is 5.11 Å². The highest BCUT2D eigenvalue weighted by Crippen LogP contribution is 2.29. The summed E-state index contributed by atoms with van der Waals surface area (Å²) in [6.45, 7) is 1.95. The maximum Gasteiger partial charge on any atom is 0.0852 e. The van der Waals surface area contributed by atoms with Crippen molar-refractivity contribution in [3.63, 3.8) is 0 Å². The topological polar surface area (TPSA) is 50.9 Å². The molecule has 1 N–H and O–H groups in total. The molecule has 5 heteroatoms. The van der Waals surface area contributed by atoms with Gasteiger partial charge in [-0.25, -0.2) is 0 Å². The number of aromatic nitrogens is 3. The lowest BCUT2D eigenvalue weighted by molar-refractivity contribution is 0.177. The zero-order chi connectivity index (χ0) is 15.0. The summed E-state index contributed by atoms with van der Waals surface area (Å²) in [5.41, 5.74) is 3.71. The summed E-state index contributed by atoms with van der Waals surface area (Å²) < 4.78 is 2.77. The molecule has 1 atom stereocenters. The van der Waals surface area contributed by atoms with Crippen LogP contribution in [-0.2, 0) is 13.5 Å². The van der Waals surface area contributed by atoms with Gasteiger partial charge in [-0.15, -0.1) is 0 Å². The Morgan fingerprint density at radius 2 is 2.05 bits per heavy atom. The fraction of sp³-hybridized carbons (Fsp3) is 0.250. The zero-order valence-electron chi connectivity index (χ0n) is 11.9. The number of fused-ring (bicyclic) bond motifs is 1. The number of aliphatic hydroxyl groups excluding tert-OH is 1. The molecular formula is C16H16BrN3O. The molecule has 2 aromatic heterocycles. The van der Waals surface area contributed by atoms with E-state index in [1.807, 2.05) is 49.0 Å². The summed E-state index contributed by atoms with van der Waals surface area (Å²) in [4.78, 5) is 4.33. The van der Waals surface area contributed by atoms with E-state index in [-0.39, 0.29) is 0 Å². The molecule has 2 heterocycles. The van der Waals surface area contributed by atoms with Crippen LogP contribution in [0.5, 0.6) is 0 Å². The Hall–Kier alpha value is -1.72. The lowest BCUT2D eigenvalue weighted by Gasteiger charge is -2.14. The minimum Gasteiger partial charge on any atom is -0.388 e. The standard InChI is InChI=1S/C16H16BrN3O/c1-10-16(17)14(20(2)19-10)9-15(21)12-7-8-18-13-6-4-3-5-11(12)13/h3-8,15,21H,9H2,1-2H3. The Morgan fingerprint density at radius 3 is 2.76 bits per heavy atom. The first-order chi connectivity index (χ1) is 10.1. The van der Waals surface area contributed by atoms with Gasteiger partial charge >= 0.3 is 0 Å². The lowest BCUT2D eigenvalue weighted by atomic mass is 10.0. The normalized spacial score (nSPS) is 12.8. The van der Waals surface area contributed by atoms with Crippen LogP contribution in [0, 0.1) is 6.92 Å². The third kappa shape index (κ3) is 2.59. The number of aryl methyl sites for hydroxylation is 2. The van der Waals surface area contributed by atoms with Gasteiger partial charge in [0.2, 0.25) is 0 Å². The quantitative estimate of drug-likeness (QED) is 0.792. The summed E-state index contributed by atoms with van der Waals surface area (Å²) in [5, 5.41) is 16.0. The van der Waals surface area contributed by atoms with Gasteiger partial charge in [-0.3, -0.25) is 9.67 Å². The minimum absolute atomic E-state index is 0.506. The van der Waals surface area contributed by atoms with Crippen LogP contribution in [0.2, 0.25) is 0 Å². The first kappa shape index (κ1) is 14.2. The predicted octanol–water partition coefficient (Wildman–Crippen LogP) is 3.32. The van der Waals surface area contributed by atoms with Crippen molar-refractivity contribution in [2.45, 2.75) is 19.4 Å². The molecule has 0 amide bonds. The summed E-state index contributed by atoms with van der Waals surface area (Å²) in [7, 11) is 1.89. The van der Waals surface area contributed by atoms with Gasteiger partial charge in [-0.05, 0) is 40.5 Å². The summed E-state index contributed by atoms with van der Waals surface area (Å²) in [5.74, 6) is 0. The van der Waals surface area contributed by atoms with Crippen molar-refractivity contribution in [1.29, 1.82) is 0 Å². The van der Waals surface area contributed by atoms with Gasteiger partial charge in [0.15, 0.2) is 0 Å². The van der Waals surface area contributed by atoms with E-state index in [4.69, 9.17) is 0 Å². The average molecular weight is 346 g/mol. The molecule has 0 aliphatic heterocycles. The van der Waals surface area contributed by atoms with Crippen LogP contribution in [0.4, 0.5) is 0 Å². The Balaban J connectivity index is 1.99. The van der Waals surface area contributed by atoms with Crippen molar-refractivity contribution in [1.82, 2.24) is 14.8 Å². The number of halogens is 1. The first-order valence-corrected chi connectivity index (χ1v) is 7.57. The Labute approximate surface area is 131 Å². The molecule has 3 rings (SSSR count). The number of hydrogen-bond donors (Lipinski definition) is 1. The molecule has 21 heavy (non-hydrogen) atoms. The third-order valence-electron chi connectivity index (χ3n) is 3.69. The van der Waals surface area contributed by atoms with E-state index in [1.165, 1.54) is 0 Å². The molecule has 0 saturated carbocycles. The van der Waals surface area contributed by atoms with Crippen molar-refractivity contribution >= 4 is 26.8 Å². The average Bonchev–Trinajstić information content (AvgIpc) is 2.73. The van der Waals surface area contributed by atoms with E-state index in [0.717, 1.165) is 32.3 Å². The summed E-state index contributed by atoms with van der Waals surface area (Å²) in [6.07, 6.45) is 1.65. The van der Waals surface area contributed by atoms with E-state index < -0.39 is 6.10 Å². The van der Waals surface area contributed by atoms with E-state index in [0.29, 0.717) is 6.42 Å². The maximum atomic E-state index is 10.6. The summed E-state index contributed by atoms with van der Waals surface area (Å²) >= 11 is 3.55. The fourth-order valence-corrected chi connectivity index (χ4v) is 3.10. The molecule has 108 valence electrons. The fourth-order valence-electron chi connectivity index (χ4n) is 2.60. The smallest absolute Gasteiger partial charge is 0.0852 e. The van der Waals surface area contributed by atoms with Crippen molar-refractivity contribution in [3.05, 3.63) is 58.0 Å². The van der Waals surface area contributed by atoms with Gasteiger partial charge in [0, 0.05) is 25.1 Å². The molecule has 0 radical (unpaired) electrons. The number of rotatable bonds is 3. The number of hydrogen-bond acceptors (Lipinski definition) is 3. The highest BCUT2D eigenvalue weighted by Gasteiger charge is 2.18. The van der Waals surface area contributed by atoms with E-state index in [2.05, 4.69) is 26.0 Å². The third-order valence-corrected chi connectivity index (χ3v) is 4.72. The first-order valence-electron chi connectivity index (χ1n) is 6.77. The molecule has 0 saturated heterocycles. The van der Waals surface area contributed by atoms with Gasteiger partial charge in [0.25, 0.3) is 0 Å². The van der Waals surface area contributed by atoms with Crippen LogP contribution in [0.25, 0.3) is 10.9 Å². The minimum atomic E-state index is -0.594. The number of para-hydroxylation sites is 1. The van der Waals surface area contributed by atoms with Crippen LogP contribution in [0.1, 0.15) is 23.1 Å². The zero-order valence-corrected chi connectivity index (χ0v) is 13.5. The van der Waals surface area contributed by atoms with Crippen molar-refractivity contribution in [2.75, 3.05) is 0 Å². The molecule has 0 bridgehead atoms. The number of aliphatic hydroxyl groups is 1. The van der Waals surface area contributed by atoms with Crippen molar-refractivity contribution in [2.24, 2.45) is 7.05 Å². The molecular weight excluding hydrogens is 330 g/mol. The second kappa shape index (κ2) is 5.58. The SMILES string of the molecule is Cc1nn(C)c(CC(O)c2ccnc3ccccc23)c1Br. The Kier molecular flexibility index (Phi) is 3.78. The molecule has 4 nitrogen and oxygen atoms in total. The number of nitrogens with zero attached hydrogens (tertiary/aromatic N) is 3. The van der Waals surface area contributed by atoms with E-state index in [9.17, 15) is 5.11 Å². The molecule has 0 aliphatic carbocycles. The highest BCUT2D eigenvalue weighted by molar-refractivity contribution is 9.10. The second-order valence-electron chi connectivity index (χ2n) is 5.11. The van der Waals surface area contributed by atoms with Crippen LogP contribution in [0.15, 0.2) is 41.0 Å². The monoisotopic (exact) mass is 345 g/mol. The van der Waals surface area contributed by atoms with Crippen LogP contribution in [-0.4, -0.2) is 19.9 Å². The number of pyridine rings is 1. The van der Waals surface area contributed by atoms with Gasteiger partial charge in [-0.2, -0.15) is 5.10 Å². The molecule has 3 aromatic rings. The van der Waals surface area contributed by atoms with Crippen LogP contribution >= 0.6 is 15.9 Å². The largest absolute Gasteiger partial charge is 0.388 e. The Bertz CT molecular complexity index is 792. The molecule has 0 spiro atoms. The summed E-state index contributed by atoms with van der Waals surface area (Å²) in [6, 6.07) is 9.74. The lowest BCUT2D eigenvalue weighted by Crippen LogP contribution is -2.07. The van der Waals surface area contributed by atoms with Crippen LogP contribution < -0.4 is 0 Å². The van der Waals surface area contributed by atoms with Gasteiger partial charge in [0.1, 0.15) is 0 Å². The van der Waals surface area contributed by atoms with Crippen LogP contribution in [0.3, 0.4) is 0 Å². The number of benzene rings is 1. The maximum absolute atomic E-state index is 10.6. The molecule has 0 aliphatic rings. The van der Waals surface area contributed by atoms with Crippen molar-refractivity contribution in [3.8, 4) is 0 Å². The molecule has 1 unspecified atom stereocenters. The predicted molar refractivity (Wildman–Crippen MR) is 86.1 cm³/mol. The van der Waals surface area contributed by atoms with Crippen molar-refractivity contribution < 1.29 is 5.11 Å². The Morgan fingerprint density at radius 1 is 1.29 bits per heavy atom. The van der Waals surface area contributed by atoms with E-state index in [1.54, 1.807) is 6.20 Å². The second-order valence-corrected chi connectivity index (χ2v) is 5.90. The van der Waals surface area contributed by atoms with E-state index >= 15 is 0 Å².